The van der Waals surface area contributed by atoms with Gasteiger partial charge in [-0.15, -0.1) is 10.2 Å². The van der Waals surface area contributed by atoms with Gasteiger partial charge < -0.3 is 0 Å². The fourth-order valence-corrected chi connectivity index (χ4v) is 3.43. The molecule has 3 aromatic rings. The number of aromatic nitrogens is 2. The van der Waals surface area contributed by atoms with E-state index in [1.54, 1.807) is 36.4 Å². The smallest absolute Gasteiger partial charge is 0.262 e. The van der Waals surface area contributed by atoms with Gasteiger partial charge in [0.15, 0.2) is 5.82 Å². The minimum Gasteiger partial charge on any atom is -0.262 e. The summed E-state index contributed by atoms with van der Waals surface area (Å²) >= 11 is 3.15. The maximum atomic E-state index is 12.5. The van der Waals surface area contributed by atoms with Crippen molar-refractivity contribution in [2.45, 2.75) is 4.90 Å². The summed E-state index contributed by atoms with van der Waals surface area (Å²) in [4.78, 5) is 0.213. The van der Waals surface area contributed by atoms with E-state index in [4.69, 9.17) is 0 Å². The number of fused-ring (bicyclic) bond motifs is 1. The molecule has 0 aliphatic carbocycles. The highest BCUT2D eigenvalue weighted by atomic mass is 79.9. The Bertz CT molecular complexity index is 890. The summed E-state index contributed by atoms with van der Waals surface area (Å²) in [6.45, 7) is 0. The van der Waals surface area contributed by atoms with Crippen molar-refractivity contribution < 1.29 is 8.42 Å². The van der Waals surface area contributed by atoms with E-state index in [1.807, 2.05) is 18.2 Å². The van der Waals surface area contributed by atoms with Gasteiger partial charge in [0.2, 0.25) is 0 Å². The topological polar surface area (TPSA) is 72.0 Å². The largest absolute Gasteiger partial charge is 0.263 e. The monoisotopic (exact) mass is 363 g/mol. The number of halogens is 1. The Morgan fingerprint density at radius 2 is 1.67 bits per heavy atom. The molecule has 0 saturated carbocycles. The summed E-state index contributed by atoms with van der Waals surface area (Å²) < 4.78 is 28.0. The van der Waals surface area contributed by atoms with Gasteiger partial charge in [-0.3, -0.25) is 4.72 Å². The van der Waals surface area contributed by atoms with E-state index in [0.29, 0.717) is 9.99 Å². The molecule has 0 atom stereocenters. The summed E-state index contributed by atoms with van der Waals surface area (Å²) in [5.41, 5.74) is 0. The van der Waals surface area contributed by atoms with Crippen LogP contribution >= 0.6 is 15.9 Å². The maximum absolute atomic E-state index is 12.5. The van der Waals surface area contributed by atoms with Crippen molar-refractivity contribution in [3.05, 3.63) is 59.2 Å². The summed E-state index contributed by atoms with van der Waals surface area (Å²) in [5, 5.41) is 9.07. The summed E-state index contributed by atoms with van der Waals surface area (Å²) in [6.07, 6.45) is 0. The van der Waals surface area contributed by atoms with Crippen LogP contribution in [-0.4, -0.2) is 18.6 Å². The minimum atomic E-state index is -3.72. The molecule has 2 aromatic carbocycles. The third kappa shape index (κ3) is 2.88. The quantitative estimate of drug-likeness (QED) is 0.775. The van der Waals surface area contributed by atoms with Crippen LogP contribution in [0.25, 0.3) is 10.8 Å². The van der Waals surface area contributed by atoms with Crippen LogP contribution in [0.5, 0.6) is 0 Å². The number of benzene rings is 2. The van der Waals surface area contributed by atoms with Crippen LogP contribution in [0.4, 0.5) is 5.82 Å². The predicted molar refractivity (Wildman–Crippen MR) is 84.5 cm³/mol. The Labute approximate surface area is 130 Å². The normalized spacial score (nSPS) is 11.5. The first-order valence-corrected chi connectivity index (χ1v) is 8.34. The molecular formula is C14H10BrN3O2S. The van der Waals surface area contributed by atoms with E-state index in [0.717, 1.165) is 5.39 Å². The van der Waals surface area contributed by atoms with Crippen LogP contribution in [0, 0.1) is 0 Å². The zero-order valence-electron chi connectivity index (χ0n) is 10.7. The summed E-state index contributed by atoms with van der Waals surface area (Å²) in [5.74, 6) is 0.172. The summed E-state index contributed by atoms with van der Waals surface area (Å²) in [7, 11) is -3.72. The van der Waals surface area contributed by atoms with E-state index in [2.05, 4.69) is 30.8 Å². The van der Waals surface area contributed by atoms with Gasteiger partial charge in [-0.05, 0) is 39.5 Å². The molecule has 1 N–H and O–H groups in total. The molecule has 21 heavy (non-hydrogen) atoms. The fraction of sp³-hybridized carbons (Fsp3) is 0. The number of hydrogen-bond donors (Lipinski definition) is 1. The highest BCUT2D eigenvalue weighted by Gasteiger charge is 2.17. The highest BCUT2D eigenvalue weighted by Crippen LogP contribution is 2.24. The number of rotatable bonds is 3. The molecule has 0 spiro atoms. The third-order valence-corrected chi connectivity index (χ3v) is 4.75. The Morgan fingerprint density at radius 3 is 2.43 bits per heavy atom. The van der Waals surface area contributed by atoms with Crippen molar-refractivity contribution in [2.24, 2.45) is 0 Å². The zero-order valence-corrected chi connectivity index (χ0v) is 13.1. The van der Waals surface area contributed by atoms with Gasteiger partial charge in [0, 0.05) is 5.39 Å². The number of sulfonamides is 1. The molecule has 5 nitrogen and oxygen atoms in total. The molecule has 0 radical (unpaired) electrons. The van der Waals surface area contributed by atoms with Crippen LogP contribution in [0.1, 0.15) is 0 Å². The molecule has 0 unspecified atom stereocenters. The predicted octanol–water partition coefficient (Wildman–Crippen LogP) is 3.19. The van der Waals surface area contributed by atoms with Gasteiger partial charge in [-0.1, -0.05) is 36.4 Å². The molecule has 0 fully saturated rings. The van der Waals surface area contributed by atoms with Crippen molar-refractivity contribution in [1.29, 1.82) is 0 Å². The molecule has 3 rings (SSSR count). The zero-order chi connectivity index (χ0) is 14.9. The van der Waals surface area contributed by atoms with Crippen molar-refractivity contribution in [3.63, 3.8) is 0 Å². The van der Waals surface area contributed by atoms with E-state index in [1.165, 1.54) is 0 Å². The molecule has 1 heterocycles. The highest BCUT2D eigenvalue weighted by molar-refractivity contribution is 9.10. The first-order chi connectivity index (χ1) is 10.1. The van der Waals surface area contributed by atoms with Gasteiger partial charge in [0.1, 0.15) is 4.60 Å². The van der Waals surface area contributed by atoms with Crippen molar-refractivity contribution in [2.75, 3.05) is 4.72 Å². The molecule has 106 valence electrons. The first kappa shape index (κ1) is 14.0. The molecule has 0 aliphatic heterocycles. The lowest BCUT2D eigenvalue weighted by Gasteiger charge is -2.09. The molecule has 1 aromatic heterocycles. The van der Waals surface area contributed by atoms with Crippen LogP contribution in [-0.2, 0) is 10.0 Å². The number of nitrogens with one attached hydrogen (secondary N) is 1. The van der Waals surface area contributed by atoms with E-state index in [9.17, 15) is 8.42 Å². The van der Waals surface area contributed by atoms with Crippen molar-refractivity contribution in [1.82, 2.24) is 10.2 Å². The van der Waals surface area contributed by atoms with Gasteiger partial charge in [-0.25, -0.2) is 8.42 Å². The Hall–Kier alpha value is -1.99. The maximum Gasteiger partial charge on any atom is 0.263 e. The van der Waals surface area contributed by atoms with Crippen molar-refractivity contribution >= 4 is 42.5 Å². The summed E-state index contributed by atoms with van der Waals surface area (Å²) in [6, 6.07) is 15.6. The SMILES string of the molecule is O=S(=O)(Nc1ccc(Br)nn1)c1cccc2ccccc12. The Kier molecular flexibility index (Phi) is 3.60. The standard InChI is InChI=1S/C14H10BrN3O2S/c15-13-8-9-14(17-16-13)18-21(19,20)12-7-3-5-10-4-1-2-6-11(10)12/h1-9H,(H,17,18). The second-order valence-corrected chi connectivity index (χ2v) is 6.79. The lowest BCUT2D eigenvalue weighted by atomic mass is 10.1. The van der Waals surface area contributed by atoms with Gasteiger partial charge >= 0.3 is 0 Å². The number of hydrogen-bond acceptors (Lipinski definition) is 4. The third-order valence-electron chi connectivity index (χ3n) is 2.91. The lowest BCUT2D eigenvalue weighted by Crippen LogP contribution is -2.14. The average Bonchev–Trinajstić information content (AvgIpc) is 2.49. The van der Waals surface area contributed by atoms with E-state index >= 15 is 0 Å². The van der Waals surface area contributed by atoms with E-state index < -0.39 is 10.0 Å². The molecule has 0 bridgehead atoms. The van der Waals surface area contributed by atoms with Gasteiger partial charge in [0.05, 0.1) is 4.90 Å². The molecular weight excluding hydrogens is 354 g/mol. The lowest BCUT2D eigenvalue weighted by molar-refractivity contribution is 0.601. The van der Waals surface area contributed by atoms with Crippen LogP contribution < -0.4 is 4.72 Å². The molecule has 7 heteroatoms. The van der Waals surface area contributed by atoms with Crippen molar-refractivity contribution in [3.8, 4) is 0 Å². The molecule has 0 saturated heterocycles. The molecule has 0 aliphatic rings. The average molecular weight is 364 g/mol. The second-order valence-electron chi connectivity index (χ2n) is 4.32. The second kappa shape index (κ2) is 5.42. The van der Waals surface area contributed by atoms with Crippen LogP contribution in [0.15, 0.2) is 64.1 Å². The van der Waals surface area contributed by atoms with Gasteiger partial charge in [-0.2, -0.15) is 0 Å². The van der Waals surface area contributed by atoms with Crippen LogP contribution in [0.3, 0.4) is 0 Å². The molecule has 0 amide bonds. The first-order valence-electron chi connectivity index (χ1n) is 6.06. The number of anilines is 1. The number of nitrogens with zero attached hydrogens (tertiary/aromatic N) is 2. The Morgan fingerprint density at radius 1 is 0.905 bits per heavy atom. The van der Waals surface area contributed by atoms with Crippen LogP contribution in [0.2, 0.25) is 0 Å². The van der Waals surface area contributed by atoms with Gasteiger partial charge in [0.25, 0.3) is 10.0 Å². The fourth-order valence-electron chi connectivity index (χ4n) is 1.99. The minimum absolute atomic E-state index is 0.172. The Balaban J connectivity index is 2.06. The van der Waals surface area contributed by atoms with E-state index in [-0.39, 0.29) is 10.7 Å².